The number of carbonyl (C=O) groups excluding carboxylic acids is 1. The van der Waals surface area contributed by atoms with E-state index in [1.54, 1.807) is 0 Å². The number of guanidine groups is 1. The van der Waals surface area contributed by atoms with Crippen LogP contribution in [0.25, 0.3) is 0 Å². The summed E-state index contributed by atoms with van der Waals surface area (Å²) in [5.74, 6) is 0.918. The third-order valence-corrected chi connectivity index (χ3v) is 5.15. The molecule has 2 aliphatic heterocycles. The van der Waals surface area contributed by atoms with E-state index in [1.165, 1.54) is 6.42 Å². The molecule has 0 spiro atoms. The van der Waals surface area contributed by atoms with Crippen molar-refractivity contribution in [2.75, 3.05) is 18.0 Å². The number of hydrogen-bond donors (Lipinski definition) is 0. The van der Waals surface area contributed by atoms with Crippen molar-refractivity contribution in [3.05, 3.63) is 65.7 Å². The van der Waals surface area contributed by atoms with Crippen molar-refractivity contribution in [2.45, 2.75) is 38.6 Å². The van der Waals surface area contributed by atoms with E-state index in [4.69, 9.17) is 4.99 Å². The molecule has 0 radical (unpaired) electrons. The summed E-state index contributed by atoms with van der Waals surface area (Å²) >= 11 is 0. The van der Waals surface area contributed by atoms with Crippen LogP contribution in [0.15, 0.2) is 59.6 Å². The van der Waals surface area contributed by atoms with Gasteiger partial charge in [0.05, 0.1) is 5.69 Å². The van der Waals surface area contributed by atoms with Crippen molar-refractivity contribution in [3.8, 4) is 0 Å². The zero-order valence-electron chi connectivity index (χ0n) is 15.3. The molecule has 1 fully saturated rings. The number of rotatable bonds is 3. The van der Waals surface area contributed by atoms with Crippen LogP contribution >= 0.6 is 0 Å². The lowest BCUT2D eigenvalue weighted by Crippen LogP contribution is -2.47. The Balaban J connectivity index is 1.67. The van der Waals surface area contributed by atoms with Gasteiger partial charge >= 0.3 is 0 Å². The van der Waals surface area contributed by atoms with E-state index in [-0.39, 0.29) is 11.9 Å². The molecule has 0 N–H and O–H groups in total. The summed E-state index contributed by atoms with van der Waals surface area (Å²) in [6.07, 6.45) is 4.24. The van der Waals surface area contributed by atoms with Gasteiger partial charge in [0.15, 0.2) is 0 Å². The fourth-order valence-electron chi connectivity index (χ4n) is 3.80. The second-order valence-electron chi connectivity index (χ2n) is 7.19. The van der Waals surface area contributed by atoms with Crippen LogP contribution in [-0.2, 0) is 11.2 Å². The molecule has 0 aliphatic carbocycles. The number of nitrogens with zero attached hydrogens (tertiary/aromatic N) is 3. The number of piperidine rings is 1. The average Bonchev–Trinajstić information content (AvgIpc) is 3.00. The fourth-order valence-corrected chi connectivity index (χ4v) is 3.80. The highest BCUT2D eigenvalue weighted by Crippen LogP contribution is 2.27. The molecule has 0 bridgehead atoms. The number of hydrogen-bond acceptors (Lipinski definition) is 3. The summed E-state index contributed by atoms with van der Waals surface area (Å²) in [5, 5.41) is 0. The second-order valence-corrected chi connectivity index (χ2v) is 7.19. The minimum absolute atomic E-state index is 0.0834. The highest BCUT2D eigenvalue weighted by Gasteiger charge is 2.38. The van der Waals surface area contributed by atoms with E-state index in [9.17, 15) is 4.79 Å². The zero-order valence-corrected chi connectivity index (χ0v) is 15.3. The van der Waals surface area contributed by atoms with Crippen LogP contribution in [0.5, 0.6) is 0 Å². The normalized spacial score (nSPS) is 20.4. The Morgan fingerprint density at radius 1 is 1.00 bits per heavy atom. The molecule has 2 heterocycles. The molecule has 2 aliphatic rings. The summed E-state index contributed by atoms with van der Waals surface area (Å²) in [6.45, 7) is 4.02. The van der Waals surface area contributed by atoms with Crippen LogP contribution in [-0.4, -0.2) is 35.9 Å². The van der Waals surface area contributed by atoms with Gasteiger partial charge in [0.25, 0.3) is 5.91 Å². The Bertz CT molecular complexity index is 809. The van der Waals surface area contributed by atoms with Crippen molar-refractivity contribution >= 4 is 17.6 Å². The van der Waals surface area contributed by atoms with Gasteiger partial charge < -0.3 is 4.90 Å². The smallest absolute Gasteiger partial charge is 0.259 e. The van der Waals surface area contributed by atoms with Gasteiger partial charge in [-0.25, -0.2) is 9.89 Å². The Morgan fingerprint density at radius 3 is 2.50 bits per heavy atom. The van der Waals surface area contributed by atoms with Crippen molar-refractivity contribution in [3.63, 3.8) is 0 Å². The quantitative estimate of drug-likeness (QED) is 0.847. The highest BCUT2D eigenvalue weighted by molar-refractivity contribution is 6.22. The van der Waals surface area contributed by atoms with Gasteiger partial charge in [-0.3, -0.25) is 4.79 Å². The lowest BCUT2D eigenvalue weighted by Gasteiger charge is -2.32. The third kappa shape index (κ3) is 3.36. The van der Waals surface area contributed by atoms with E-state index in [2.05, 4.69) is 36.1 Å². The number of anilines is 1. The van der Waals surface area contributed by atoms with Crippen molar-refractivity contribution in [1.82, 2.24) is 4.90 Å². The van der Waals surface area contributed by atoms with Crippen LogP contribution in [0, 0.1) is 6.92 Å². The van der Waals surface area contributed by atoms with Crippen LogP contribution in [0.3, 0.4) is 0 Å². The maximum Gasteiger partial charge on any atom is 0.259 e. The first-order chi connectivity index (χ1) is 12.7. The molecular weight excluding hydrogens is 322 g/mol. The molecular formula is C22H25N3O. The van der Waals surface area contributed by atoms with Crippen LogP contribution in [0.4, 0.5) is 5.69 Å². The lowest BCUT2D eigenvalue weighted by molar-refractivity contribution is -0.118. The van der Waals surface area contributed by atoms with Crippen molar-refractivity contribution < 1.29 is 4.79 Å². The SMILES string of the molecule is Cc1cccc(N2C(=O)C(Cc3ccccc3)N=C2N2CCCCC2)c1. The number of likely N-dealkylation sites (tertiary alicyclic amines) is 1. The maximum absolute atomic E-state index is 13.3. The molecule has 134 valence electrons. The fraction of sp³-hybridized carbons (Fsp3) is 0.364. The molecule has 4 rings (SSSR count). The molecule has 4 nitrogen and oxygen atoms in total. The van der Waals surface area contributed by atoms with E-state index in [0.717, 1.165) is 48.7 Å². The number of aliphatic imine (C=N–C) groups is 1. The maximum atomic E-state index is 13.3. The van der Waals surface area contributed by atoms with Gasteiger partial charge in [0, 0.05) is 19.5 Å². The minimum atomic E-state index is -0.338. The molecule has 2 aromatic carbocycles. The predicted octanol–water partition coefficient (Wildman–Crippen LogP) is 3.79. The number of benzene rings is 2. The lowest BCUT2D eigenvalue weighted by atomic mass is 10.1. The first-order valence-electron chi connectivity index (χ1n) is 9.50. The molecule has 1 unspecified atom stereocenters. The monoisotopic (exact) mass is 347 g/mol. The van der Waals surface area contributed by atoms with Gasteiger partial charge in [-0.2, -0.15) is 0 Å². The summed E-state index contributed by atoms with van der Waals surface area (Å²) in [6, 6.07) is 18.0. The first-order valence-corrected chi connectivity index (χ1v) is 9.50. The first kappa shape index (κ1) is 16.8. The molecule has 2 aromatic rings. The Hall–Kier alpha value is -2.62. The summed E-state index contributed by atoms with van der Waals surface area (Å²) < 4.78 is 0. The van der Waals surface area contributed by atoms with Crippen LogP contribution < -0.4 is 4.90 Å². The average molecular weight is 347 g/mol. The molecule has 1 saturated heterocycles. The Morgan fingerprint density at radius 2 is 1.77 bits per heavy atom. The standard InChI is InChI=1S/C22H25N3O/c1-17-9-8-12-19(15-17)25-21(26)20(16-18-10-4-2-5-11-18)23-22(25)24-13-6-3-7-14-24/h2,4-5,8-12,15,20H,3,6-7,13-14,16H2,1H3. The van der Waals surface area contributed by atoms with Gasteiger partial charge in [0.2, 0.25) is 5.96 Å². The summed E-state index contributed by atoms with van der Waals surface area (Å²) in [4.78, 5) is 22.3. The third-order valence-electron chi connectivity index (χ3n) is 5.15. The topological polar surface area (TPSA) is 35.9 Å². The van der Waals surface area contributed by atoms with E-state index in [0.29, 0.717) is 6.42 Å². The van der Waals surface area contributed by atoms with Crippen LogP contribution in [0.1, 0.15) is 30.4 Å². The molecule has 0 aromatic heterocycles. The number of aryl methyl sites for hydroxylation is 1. The van der Waals surface area contributed by atoms with Crippen molar-refractivity contribution in [2.24, 2.45) is 4.99 Å². The number of carbonyl (C=O) groups is 1. The van der Waals surface area contributed by atoms with E-state index >= 15 is 0 Å². The van der Waals surface area contributed by atoms with E-state index < -0.39 is 0 Å². The Kier molecular flexibility index (Phi) is 4.74. The van der Waals surface area contributed by atoms with Gasteiger partial charge in [-0.05, 0) is 49.4 Å². The zero-order chi connectivity index (χ0) is 17.9. The van der Waals surface area contributed by atoms with Crippen LogP contribution in [0.2, 0.25) is 0 Å². The summed E-state index contributed by atoms with van der Waals surface area (Å²) in [7, 11) is 0. The van der Waals surface area contributed by atoms with Gasteiger partial charge in [0.1, 0.15) is 6.04 Å². The molecule has 0 saturated carbocycles. The van der Waals surface area contributed by atoms with Gasteiger partial charge in [-0.1, -0.05) is 42.5 Å². The molecule has 1 amide bonds. The van der Waals surface area contributed by atoms with E-state index in [1.807, 2.05) is 35.2 Å². The second kappa shape index (κ2) is 7.32. The molecule has 26 heavy (non-hydrogen) atoms. The van der Waals surface area contributed by atoms with Gasteiger partial charge in [-0.15, -0.1) is 0 Å². The number of amides is 1. The molecule has 4 heteroatoms. The van der Waals surface area contributed by atoms with Crippen molar-refractivity contribution in [1.29, 1.82) is 0 Å². The largest absolute Gasteiger partial charge is 0.342 e. The summed E-state index contributed by atoms with van der Waals surface area (Å²) in [5.41, 5.74) is 3.23. The molecule has 1 atom stereocenters. The Labute approximate surface area is 155 Å². The minimum Gasteiger partial charge on any atom is -0.342 e. The predicted molar refractivity (Wildman–Crippen MR) is 105 cm³/mol. The highest BCUT2D eigenvalue weighted by atomic mass is 16.2.